The number of nitrogens with one attached hydrogen (secondary N) is 1. The Morgan fingerprint density at radius 3 is 2.30 bits per heavy atom. The second-order valence-electron chi connectivity index (χ2n) is 5.20. The highest BCUT2D eigenvalue weighted by molar-refractivity contribution is 5.95. The lowest BCUT2D eigenvalue weighted by Crippen LogP contribution is -2.27. The average molecular weight is 332 g/mol. The highest BCUT2D eigenvalue weighted by Crippen LogP contribution is 2.35. The van der Waals surface area contributed by atoms with E-state index >= 15 is 0 Å². The van der Waals surface area contributed by atoms with Gasteiger partial charge in [0.25, 0.3) is 0 Å². The van der Waals surface area contributed by atoms with Crippen molar-refractivity contribution in [2.75, 3.05) is 37.0 Å². The fourth-order valence-electron chi connectivity index (χ4n) is 2.30. The van der Waals surface area contributed by atoms with Crippen LogP contribution in [0.3, 0.4) is 0 Å². The third-order valence-electron chi connectivity index (χ3n) is 3.20. The van der Waals surface area contributed by atoms with Gasteiger partial charge in [-0.15, -0.1) is 0 Å². The molecule has 0 radical (unpaired) electrons. The molecule has 0 aromatic heterocycles. The summed E-state index contributed by atoms with van der Waals surface area (Å²) in [5.41, 5.74) is -0.0446. The first-order valence-corrected chi connectivity index (χ1v) is 7.58. The molecular weight excluding hydrogens is 309 g/mol. The molecule has 0 aliphatic carbocycles. The Labute approximate surface area is 134 Å². The Bertz CT molecular complexity index is 513. The lowest BCUT2D eigenvalue weighted by molar-refractivity contribution is -0.137. The second kappa shape index (κ2) is 8.76. The van der Waals surface area contributed by atoms with Crippen LogP contribution in [0.15, 0.2) is 18.2 Å². The van der Waals surface area contributed by atoms with Gasteiger partial charge in [0, 0.05) is 20.2 Å². The maximum Gasteiger partial charge on any atom is 0.416 e. The quantitative estimate of drug-likeness (QED) is 0.784. The molecule has 1 N–H and O–H groups in total. The van der Waals surface area contributed by atoms with Gasteiger partial charge in [0.15, 0.2) is 0 Å². The number of methoxy groups -OCH3 is 1. The van der Waals surface area contributed by atoms with E-state index in [4.69, 9.17) is 4.74 Å². The smallest absolute Gasteiger partial charge is 0.375 e. The fraction of sp³-hybridized carbons (Fsp3) is 0.562. The van der Waals surface area contributed by atoms with Crippen LogP contribution in [0.25, 0.3) is 0 Å². The van der Waals surface area contributed by atoms with Crippen molar-refractivity contribution in [2.24, 2.45) is 0 Å². The first kappa shape index (κ1) is 19.3. The summed E-state index contributed by atoms with van der Waals surface area (Å²) in [4.78, 5) is 13.7. The maximum atomic E-state index is 12.9. The van der Waals surface area contributed by atoms with Crippen LogP contribution in [0.1, 0.15) is 32.3 Å². The highest BCUT2D eigenvalue weighted by Gasteiger charge is 2.31. The maximum absolute atomic E-state index is 12.9. The minimum atomic E-state index is -4.46. The largest absolute Gasteiger partial charge is 0.416 e. The minimum Gasteiger partial charge on any atom is -0.375 e. The van der Waals surface area contributed by atoms with Crippen LogP contribution < -0.4 is 10.2 Å². The fourth-order valence-corrected chi connectivity index (χ4v) is 2.30. The van der Waals surface area contributed by atoms with Crippen LogP contribution >= 0.6 is 0 Å². The molecule has 0 saturated carbocycles. The van der Waals surface area contributed by atoms with Gasteiger partial charge in [-0.1, -0.05) is 13.8 Å². The van der Waals surface area contributed by atoms with Crippen LogP contribution in [0.4, 0.5) is 24.5 Å². The number of hydrogen-bond donors (Lipinski definition) is 1. The van der Waals surface area contributed by atoms with Crippen molar-refractivity contribution < 1.29 is 22.7 Å². The van der Waals surface area contributed by atoms with Crippen LogP contribution in [-0.4, -0.2) is 32.7 Å². The van der Waals surface area contributed by atoms with E-state index in [2.05, 4.69) is 5.32 Å². The molecular formula is C16H23F3N2O2. The summed E-state index contributed by atoms with van der Waals surface area (Å²) < 4.78 is 43.5. The molecule has 0 atom stereocenters. The van der Waals surface area contributed by atoms with E-state index < -0.39 is 17.6 Å². The zero-order valence-corrected chi connectivity index (χ0v) is 13.7. The molecule has 130 valence electrons. The number of amides is 1. The molecule has 0 heterocycles. The van der Waals surface area contributed by atoms with E-state index in [9.17, 15) is 18.0 Å². The molecule has 0 bridgehead atoms. The first-order valence-electron chi connectivity index (χ1n) is 7.58. The summed E-state index contributed by atoms with van der Waals surface area (Å²) >= 11 is 0. The van der Waals surface area contributed by atoms with Gasteiger partial charge >= 0.3 is 6.18 Å². The molecule has 0 aliphatic heterocycles. The van der Waals surface area contributed by atoms with Crippen LogP contribution in [0, 0.1) is 0 Å². The third-order valence-corrected chi connectivity index (χ3v) is 3.20. The molecule has 0 unspecified atom stereocenters. The Hall–Kier alpha value is -1.76. The van der Waals surface area contributed by atoms with E-state index in [-0.39, 0.29) is 12.3 Å². The predicted octanol–water partition coefficient (Wildman–Crippen LogP) is 3.92. The number of ether oxygens (including phenoxy) is 1. The lowest BCUT2D eigenvalue weighted by atomic mass is 10.1. The van der Waals surface area contributed by atoms with Gasteiger partial charge in [0.2, 0.25) is 5.91 Å². The predicted molar refractivity (Wildman–Crippen MR) is 84.7 cm³/mol. The van der Waals surface area contributed by atoms with Gasteiger partial charge in [0.05, 0.1) is 16.9 Å². The minimum absolute atomic E-state index is 0.156. The number of carbonyl (C=O) groups is 1. The van der Waals surface area contributed by atoms with Crippen LogP contribution in [-0.2, 0) is 15.7 Å². The van der Waals surface area contributed by atoms with Crippen molar-refractivity contribution in [3.05, 3.63) is 23.8 Å². The zero-order chi connectivity index (χ0) is 17.5. The van der Waals surface area contributed by atoms with E-state index in [1.165, 1.54) is 13.2 Å². The molecule has 1 amide bonds. The topological polar surface area (TPSA) is 41.6 Å². The summed E-state index contributed by atoms with van der Waals surface area (Å²) in [5, 5.41) is 2.52. The van der Waals surface area contributed by atoms with Gasteiger partial charge in [0.1, 0.15) is 6.61 Å². The number of hydrogen-bond acceptors (Lipinski definition) is 3. The number of benzene rings is 1. The lowest BCUT2D eigenvalue weighted by Gasteiger charge is -2.27. The summed E-state index contributed by atoms with van der Waals surface area (Å²) in [6, 6.07) is 3.43. The van der Waals surface area contributed by atoms with Crippen LogP contribution in [0.2, 0.25) is 0 Å². The van der Waals surface area contributed by atoms with Crippen molar-refractivity contribution in [1.82, 2.24) is 0 Å². The number of carbonyl (C=O) groups excluding carboxylic acids is 1. The molecule has 1 aromatic carbocycles. The Kier molecular flexibility index (Phi) is 7.35. The molecule has 1 rings (SSSR count). The molecule has 0 aliphatic rings. The summed E-state index contributed by atoms with van der Waals surface area (Å²) in [7, 11) is 1.35. The van der Waals surface area contributed by atoms with Gasteiger partial charge in [-0.3, -0.25) is 4.79 Å². The average Bonchev–Trinajstić information content (AvgIpc) is 2.46. The zero-order valence-electron chi connectivity index (χ0n) is 13.7. The summed E-state index contributed by atoms with van der Waals surface area (Å²) in [5.74, 6) is -0.485. The summed E-state index contributed by atoms with van der Waals surface area (Å²) in [6.07, 6.45) is -2.75. The molecule has 7 heteroatoms. The van der Waals surface area contributed by atoms with E-state index in [0.717, 1.165) is 25.0 Å². The Balaban J connectivity index is 3.23. The number of nitrogens with zero attached hydrogens (tertiary/aromatic N) is 1. The van der Waals surface area contributed by atoms with Crippen molar-refractivity contribution >= 4 is 17.3 Å². The van der Waals surface area contributed by atoms with E-state index in [1.807, 2.05) is 18.7 Å². The van der Waals surface area contributed by atoms with E-state index in [0.29, 0.717) is 18.8 Å². The molecule has 0 saturated heterocycles. The molecule has 23 heavy (non-hydrogen) atoms. The molecule has 4 nitrogen and oxygen atoms in total. The highest BCUT2D eigenvalue weighted by atomic mass is 19.4. The van der Waals surface area contributed by atoms with Crippen molar-refractivity contribution in [3.8, 4) is 0 Å². The Morgan fingerprint density at radius 2 is 1.83 bits per heavy atom. The van der Waals surface area contributed by atoms with Crippen molar-refractivity contribution in [3.63, 3.8) is 0 Å². The third kappa shape index (κ3) is 5.74. The van der Waals surface area contributed by atoms with Gasteiger partial charge in [-0.2, -0.15) is 13.2 Å². The first-order chi connectivity index (χ1) is 10.8. The number of anilines is 2. The normalized spacial score (nSPS) is 11.4. The van der Waals surface area contributed by atoms with Crippen molar-refractivity contribution in [1.29, 1.82) is 0 Å². The summed E-state index contributed by atoms with van der Waals surface area (Å²) in [6.45, 7) is 5.18. The molecule has 0 spiro atoms. The SMILES string of the molecule is CCCN(CCC)c1ccc(C(F)(F)F)cc1NC(=O)COC. The molecule has 0 fully saturated rings. The number of alkyl halides is 3. The van der Waals surface area contributed by atoms with Gasteiger partial charge in [-0.25, -0.2) is 0 Å². The van der Waals surface area contributed by atoms with Gasteiger partial charge in [-0.05, 0) is 31.0 Å². The van der Waals surface area contributed by atoms with Gasteiger partial charge < -0.3 is 15.0 Å². The molecule has 1 aromatic rings. The number of halogens is 3. The number of rotatable bonds is 8. The standard InChI is InChI=1S/C16H23F3N2O2/c1-4-8-21(9-5-2)14-7-6-12(16(17,18)19)10-13(14)20-15(22)11-23-3/h6-7,10H,4-5,8-9,11H2,1-3H3,(H,20,22). The van der Waals surface area contributed by atoms with Crippen molar-refractivity contribution in [2.45, 2.75) is 32.9 Å². The van der Waals surface area contributed by atoms with Crippen LogP contribution in [0.5, 0.6) is 0 Å². The second-order valence-corrected chi connectivity index (χ2v) is 5.20. The Morgan fingerprint density at radius 1 is 1.22 bits per heavy atom. The van der Waals surface area contributed by atoms with E-state index in [1.54, 1.807) is 0 Å². The monoisotopic (exact) mass is 332 g/mol.